The Bertz CT molecular complexity index is 97.7. The van der Waals surface area contributed by atoms with Crippen molar-refractivity contribution in [2.45, 2.75) is 0 Å². The molecule has 0 aliphatic carbocycles. The average molecular weight is 179 g/mol. The van der Waals surface area contributed by atoms with Gasteiger partial charge in [0.1, 0.15) is 5.75 Å². The van der Waals surface area contributed by atoms with E-state index in [1.54, 1.807) is 12.2 Å². The van der Waals surface area contributed by atoms with Gasteiger partial charge in [0.25, 0.3) is 0 Å². The van der Waals surface area contributed by atoms with Crippen LogP contribution >= 0.6 is 10.8 Å². The summed E-state index contributed by atoms with van der Waals surface area (Å²) in [5.41, 5.74) is 0. The zero-order valence-corrected chi connectivity index (χ0v) is 7.55. The molecular formula is C6H13NOS2. The van der Waals surface area contributed by atoms with E-state index in [4.69, 9.17) is 0 Å². The third-order valence-corrected chi connectivity index (χ3v) is 3.32. The van der Waals surface area contributed by atoms with Crippen molar-refractivity contribution in [3.63, 3.8) is 0 Å². The molecule has 0 fully saturated rings. The Morgan fingerprint density at radius 1 is 1.40 bits per heavy atom. The Labute approximate surface area is 68.9 Å². The molecule has 2 nitrogen and oxygen atoms in total. The highest BCUT2D eigenvalue weighted by atomic mass is 33.1. The first-order valence-electron chi connectivity index (χ1n) is 2.54. The van der Waals surface area contributed by atoms with Gasteiger partial charge < -0.3 is 10.7 Å². The fraction of sp³-hybridized carbons (Fsp3) is 0.333. The zero-order valence-electron chi connectivity index (χ0n) is 5.91. The quantitative estimate of drug-likeness (QED) is 0.398. The van der Waals surface area contributed by atoms with E-state index in [0.29, 0.717) is 5.75 Å². The van der Waals surface area contributed by atoms with Crippen LogP contribution in [0.3, 0.4) is 0 Å². The maximum absolute atomic E-state index is 10.8. The molecule has 0 heterocycles. The van der Waals surface area contributed by atoms with Crippen LogP contribution in [0.15, 0.2) is 25.3 Å². The largest absolute Gasteiger partial charge is 0.605 e. The Kier molecular flexibility index (Phi) is 11.6. The lowest BCUT2D eigenvalue weighted by Gasteiger charge is -2.02. The van der Waals surface area contributed by atoms with E-state index in [2.05, 4.69) is 13.2 Å². The fourth-order valence-electron chi connectivity index (χ4n) is 0.268. The predicted octanol–water partition coefficient (Wildman–Crippen LogP) is 1.92. The van der Waals surface area contributed by atoms with E-state index in [-0.39, 0.29) is 6.15 Å². The third kappa shape index (κ3) is 8.10. The van der Waals surface area contributed by atoms with Crippen LogP contribution in [0.2, 0.25) is 0 Å². The van der Waals surface area contributed by atoms with Crippen molar-refractivity contribution in [1.29, 1.82) is 0 Å². The summed E-state index contributed by atoms with van der Waals surface area (Å²) in [6, 6.07) is 0. The van der Waals surface area contributed by atoms with Gasteiger partial charge in [-0.1, -0.05) is 12.7 Å². The summed E-state index contributed by atoms with van der Waals surface area (Å²) in [5, 5.41) is 0. The van der Waals surface area contributed by atoms with Gasteiger partial charge in [0.15, 0.2) is 0 Å². The van der Waals surface area contributed by atoms with Crippen LogP contribution in [-0.2, 0) is 10.2 Å². The van der Waals surface area contributed by atoms with E-state index < -0.39 is 10.2 Å². The lowest BCUT2D eigenvalue weighted by molar-refractivity contribution is 0.612. The number of rotatable bonds is 5. The second-order valence-electron chi connectivity index (χ2n) is 1.33. The first-order chi connectivity index (χ1) is 4.31. The summed E-state index contributed by atoms with van der Waals surface area (Å²) in [5.74, 6) is 1.32. The van der Waals surface area contributed by atoms with Gasteiger partial charge in [-0.25, -0.2) is 0 Å². The SMILES string of the molecule is C=CCS[S+]([O-])CC=C.N. The van der Waals surface area contributed by atoms with E-state index >= 15 is 0 Å². The highest BCUT2D eigenvalue weighted by molar-refractivity contribution is 8.72. The maximum atomic E-state index is 10.8. The van der Waals surface area contributed by atoms with Crippen LogP contribution in [-0.4, -0.2) is 16.1 Å². The Morgan fingerprint density at radius 2 is 2.00 bits per heavy atom. The average Bonchev–Trinajstić information content (AvgIpc) is 1.85. The minimum absolute atomic E-state index is 0. The van der Waals surface area contributed by atoms with E-state index in [0.717, 1.165) is 5.75 Å². The van der Waals surface area contributed by atoms with Crippen LogP contribution in [0.25, 0.3) is 0 Å². The molecule has 0 aliphatic rings. The molecule has 0 rings (SSSR count). The monoisotopic (exact) mass is 179 g/mol. The van der Waals surface area contributed by atoms with Crippen LogP contribution in [0.4, 0.5) is 0 Å². The summed E-state index contributed by atoms with van der Waals surface area (Å²) < 4.78 is 10.8. The van der Waals surface area contributed by atoms with Gasteiger partial charge in [-0.2, -0.15) is 0 Å². The van der Waals surface area contributed by atoms with Crippen molar-refractivity contribution in [1.82, 2.24) is 6.15 Å². The molecule has 0 aliphatic heterocycles. The van der Waals surface area contributed by atoms with Gasteiger partial charge in [-0.3, -0.25) is 0 Å². The molecule has 1 unspecified atom stereocenters. The summed E-state index contributed by atoms with van der Waals surface area (Å²) in [6.45, 7) is 6.99. The predicted molar refractivity (Wildman–Crippen MR) is 50.9 cm³/mol. The van der Waals surface area contributed by atoms with E-state index in [9.17, 15) is 4.55 Å². The second-order valence-corrected chi connectivity index (χ2v) is 4.66. The van der Waals surface area contributed by atoms with Crippen LogP contribution in [0.5, 0.6) is 0 Å². The molecule has 0 spiro atoms. The summed E-state index contributed by atoms with van der Waals surface area (Å²) >= 11 is 0. The lowest BCUT2D eigenvalue weighted by Crippen LogP contribution is -1.97. The first-order valence-corrected chi connectivity index (χ1v) is 5.37. The summed E-state index contributed by atoms with van der Waals surface area (Å²) in [6.07, 6.45) is 3.40. The van der Waals surface area contributed by atoms with Crippen LogP contribution < -0.4 is 6.15 Å². The Hall–Kier alpha value is 0.1000. The van der Waals surface area contributed by atoms with Gasteiger partial charge >= 0.3 is 0 Å². The van der Waals surface area contributed by atoms with Crippen molar-refractivity contribution >= 4 is 21.0 Å². The number of hydrogen-bond donors (Lipinski definition) is 1. The normalized spacial score (nSPS) is 11.3. The molecule has 0 radical (unpaired) electrons. The Morgan fingerprint density at radius 3 is 2.40 bits per heavy atom. The van der Waals surface area contributed by atoms with Gasteiger partial charge in [0.2, 0.25) is 0 Å². The molecular weight excluding hydrogens is 166 g/mol. The molecule has 0 amide bonds. The second kappa shape index (κ2) is 9.10. The van der Waals surface area contributed by atoms with E-state index in [1.165, 1.54) is 10.8 Å². The van der Waals surface area contributed by atoms with Gasteiger partial charge in [0.05, 0.1) is 16.5 Å². The highest BCUT2D eigenvalue weighted by Gasteiger charge is 2.01. The van der Waals surface area contributed by atoms with Crippen LogP contribution in [0, 0.1) is 0 Å². The molecule has 4 heteroatoms. The topological polar surface area (TPSA) is 58.1 Å². The fourth-order valence-corrected chi connectivity index (χ4v) is 2.13. The maximum Gasteiger partial charge on any atom is 0.135 e. The van der Waals surface area contributed by atoms with Crippen molar-refractivity contribution in [3.05, 3.63) is 25.3 Å². The van der Waals surface area contributed by atoms with Crippen molar-refractivity contribution in [2.24, 2.45) is 0 Å². The van der Waals surface area contributed by atoms with Crippen molar-refractivity contribution in [3.8, 4) is 0 Å². The minimum Gasteiger partial charge on any atom is -0.605 e. The summed E-state index contributed by atoms with van der Waals surface area (Å²) in [7, 11) is 0.591. The molecule has 0 aromatic rings. The number of hydrogen-bond acceptors (Lipinski definition) is 3. The van der Waals surface area contributed by atoms with Gasteiger partial charge in [-0.05, 0) is 6.08 Å². The molecule has 3 N–H and O–H groups in total. The molecule has 0 aromatic carbocycles. The third-order valence-electron chi connectivity index (χ3n) is 0.571. The molecule has 1 atom stereocenters. The highest BCUT2D eigenvalue weighted by Crippen LogP contribution is 2.12. The molecule has 60 valence electrons. The van der Waals surface area contributed by atoms with E-state index in [1.807, 2.05) is 0 Å². The standard InChI is InChI=1S/C6H10OS2.H3N/c1-3-5-8-9(7)6-4-2;/h3-4H,1-2,5-6H2;1H3. The lowest BCUT2D eigenvalue weighted by atomic mass is 10.8. The molecule has 10 heavy (non-hydrogen) atoms. The van der Waals surface area contributed by atoms with Crippen molar-refractivity contribution < 1.29 is 4.55 Å². The smallest absolute Gasteiger partial charge is 0.135 e. The Balaban J connectivity index is 0. The van der Waals surface area contributed by atoms with Crippen molar-refractivity contribution in [2.75, 3.05) is 11.5 Å². The molecule has 0 saturated carbocycles. The zero-order chi connectivity index (χ0) is 7.11. The van der Waals surface area contributed by atoms with Gasteiger partial charge in [-0.15, -0.1) is 6.58 Å². The summed E-state index contributed by atoms with van der Waals surface area (Å²) in [4.78, 5) is 0. The van der Waals surface area contributed by atoms with Gasteiger partial charge in [0, 0.05) is 10.2 Å². The molecule has 0 saturated heterocycles. The molecule has 0 bridgehead atoms. The van der Waals surface area contributed by atoms with Crippen LogP contribution in [0.1, 0.15) is 0 Å². The molecule has 0 aromatic heterocycles. The minimum atomic E-state index is -0.793. The first kappa shape index (κ1) is 12.7.